The van der Waals surface area contributed by atoms with Crippen LogP contribution >= 0.6 is 0 Å². The van der Waals surface area contributed by atoms with E-state index >= 15 is 0 Å². The number of hydrogen-bond acceptors (Lipinski definition) is 4. The van der Waals surface area contributed by atoms with Gasteiger partial charge in [-0.1, -0.05) is 65.2 Å². The second kappa shape index (κ2) is 15.1. The van der Waals surface area contributed by atoms with E-state index in [2.05, 4.69) is 78.8 Å². The summed E-state index contributed by atoms with van der Waals surface area (Å²) in [4.78, 5) is 26.1. The quantitative estimate of drug-likeness (QED) is 0.125. The molecule has 1 fully saturated rings. The molecule has 0 radical (unpaired) electrons. The van der Waals surface area contributed by atoms with Crippen molar-refractivity contribution in [1.29, 1.82) is 0 Å². The van der Waals surface area contributed by atoms with Crippen molar-refractivity contribution >= 4 is 11.9 Å². The highest BCUT2D eigenvalue weighted by Gasteiger charge is 2.82. The lowest BCUT2D eigenvalue weighted by Gasteiger charge is -2.17. The van der Waals surface area contributed by atoms with Crippen molar-refractivity contribution in [2.24, 2.45) is 16.7 Å². The van der Waals surface area contributed by atoms with E-state index in [9.17, 15) is 9.59 Å². The summed E-state index contributed by atoms with van der Waals surface area (Å²) < 4.78 is 10.3. The first kappa shape index (κ1) is 32.7. The maximum Gasteiger partial charge on any atom is 0.324 e. The Balaban J connectivity index is 3.03. The third-order valence-corrected chi connectivity index (χ3v) is 7.81. The van der Waals surface area contributed by atoms with Crippen molar-refractivity contribution in [1.82, 2.24) is 0 Å². The summed E-state index contributed by atoms with van der Waals surface area (Å²) >= 11 is 0. The molecule has 1 aliphatic rings. The molecule has 208 valence electrons. The lowest BCUT2D eigenvalue weighted by molar-refractivity contribution is -0.164. The van der Waals surface area contributed by atoms with Gasteiger partial charge in [-0.3, -0.25) is 9.59 Å². The molecule has 37 heavy (non-hydrogen) atoms. The molecule has 0 N–H and O–H groups in total. The van der Waals surface area contributed by atoms with Crippen LogP contribution in [0.5, 0.6) is 0 Å². The fourth-order valence-electron chi connectivity index (χ4n) is 5.42. The van der Waals surface area contributed by atoms with E-state index in [0.29, 0.717) is 0 Å². The minimum absolute atomic E-state index is 0.234. The number of hydrogen-bond donors (Lipinski definition) is 0. The highest BCUT2D eigenvalue weighted by Crippen LogP contribution is 2.73. The lowest BCUT2D eigenvalue weighted by atomic mass is 9.89. The number of carbonyl (C=O) groups is 2. The largest absolute Gasteiger partial charge is 0.468 e. The second-order valence-electron chi connectivity index (χ2n) is 11.5. The van der Waals surface area contributed by atoms with Crippen LogP contribution < -0.4 is 0 Å². The summed E-state index contributed by atoms with van der Waals surface area (Å²) in [5, 5.41) is 0. The third-order valence-electron chi connectivity index (χ3n) is 7.81. The minimum atomic E-state index is -1.28. The molecular formula is C33H52O4. The molecule has 0 aromatic heterocycles. The molecule has 0 aromatic carbocycles. The van der Waals surface area contributed by atoms with Crippen LogP contribution in [-0.2, 0) is 19.1 Å². The zero-order valence-electron chi connectivity index (χ0n) is 25.3. The summed E-state index contributed by atoms with van der Waals surface area (Å²) in [6.07, 6.45) is 18.8. The van der Waals surface area contributed by atoms with Gasteiger partial charge in [0.15, 0.2) is 5.41 Å². The Morgan fingerprint density at radius 1 is 0.649 bits per heavy atom. The normalized spacial score (nSPS) is 21.2. The fraction of sp³-hybridized carbons (Fsp3) is 0.636. The van der Waals surface area contributed by atoms with Crippen molar-refractivity contribution < 1.29 is 19.1 Å². The number of ether oxygens (including phenoxy) is 2. The Labute approximate surface area is 227 Å². The lowest BCUT2D eigenvalue weighted by Crippen LogP contribution is -2.34. The first-order valence-electron chi connectivity index (χ1n) is 13.8. The first-order valence-corrected chi connectivity index (χ1v) is 13.8. The summed E-state index contributed by atoms with van der Waals surface area (Å²) in [7, 11) is 2.71. The average molecular weight is 513 g/mol. The highest BCUT2D eigenvalue weighted by molar-refractivity contribution is 6.06. The first-order chi connectivity index (χ1) is 17.4. The zero-order chi connectivity index (χ0) is 28.2. The van der Waals surface area contributed by atoms with Crippen LogP contribution in [0.1, 0.15) is 107 Å². The standard InChI is InChI=1S/C33H52O4/c1-24(2)15-11-17-26(5)19-13-20-28(7)23-29-32(8,33(29,30(34)36-9)31(35)37-10)22-14-21-27(6)18-12-16-25(3)4/h15-16,19,21,23,29H,11-14,17-18,20,22H2,1-10H3/b26-19+,27-21+,28-23+/t29-,32+/m0/s1. The topological polar surface area (TPSA) is 52.6 Å². The van der Waals surface area contributed by atoms with Gasteiger partial charge < -0.3 is 9.47 Å². The molecule has 0 saturated heterocycles. The Bertz CT molecular complexity index is 919. The highest BCUT2D eigenvalue weighted by atomic mass is 16.5. The fourth-order valence-corrected chi connectivity index (χ4v) is 5.42. The van der Waals surface area contributed by atoms with E-state index in [-0.39, 0.29) is 5.92 Å². The predicted molar refractivity (Wildman–Crippen MR) is 155 cm³/mol. The van der Waals surface area contributed by atoms with E-state index in [4.69, 9.17) is 9.47 Å². The Hall–Kier alpha value is -2.36. The summed E-state index contributed by atoms with van der Waals surface area (Å²) in [6, 6.07) is 0. The average Bonchev–Trinajstić information content (AvgIpc) is 3.34. The maximum atomic E-state index is 13.1. The number of allylic oxidation sites excluding steroid dienone is 10. The van der Waals surface area contributed by atoms with Crippen molar-refractivity contribution in [2.75, 3.05) is 14.2 Å². The summed E-state index contributed by atoms with van der Waals surface area (Å²) in [6.45, 7) is 17.0. The van der Waals surface area contributed by atoms with E-state index in [1.54, 1.807) is 0 Å². The Morgan fingerprint density at radius 2 is 1.05 bits per heavy atom. The van der Waals surface area contributed by atoms with Gasteiger partial charge in [0.2, 0.25) is 0 Å². The monoisotopic (exact) mass is 512 g/mol. The Morgan fingerprint density at radius 3 is 1.49 bits per heavy atom. The van der Waals surface area contributed by atoms with E-state index in [0.717, 1.165) is 51.4 Å². The number of rotatable bonds is 15. The number of methoxy groups -OCH3 is 2. The van der Waals surface area contributed by atoms with Crippen LogP contribution in [0.3, 0.4) is 0 Å². The van der Waals surface area contributed by atoms with Crippen LogP contribution in [0.4, 0.5) is 0 Å². The van der Waals surface area contributed by atoms with Crippen LogP contribution in [-0.4, -0.2) is 26.2 Å². The van der Waals surface area contributed by atoms with Gasteiger partial charge in [0.25, 0.3) is 0 Å². The van der Waals surface area contributed by atoms with Crippen LogP contribution in [0.25, 0.3) is 0 Å². The molecule has 0 spiro atoms. The molecule has 0 unspecified atom stereocenters. The molecule has 0 aromatic rings. The molecule has 1 aliphatic carbocycles. The molecule has 4 nitrogen and oxygen atoms in total. The number of carbonyl (C=O) groups excluding carboxylic acids is 2. The van der Waals surface area contributed by atoms with Crippen LogP contribution in [0.15, 0.2) is 58.2 Å². The van der Waals surface area contributed by atoms with Crippen molar-refractivity contribution in [2.45, 2.75) is 107 Å². The van der Waals surface area contributed by atoms with Gasteiger partial charge in [-0.05, 0) is 99.8 Å². The molecule has 0 aliphatic heterocycles. The van der Waals surface area contributed by atoms with Crippen molar-refractivity contribution in [3.05, 3.63) is 58.2 Å². The number of esters is 2. The molecule has 0 bridgehead atoms. The van der Waals surface area contributed by atoms with Gasteiger partial charge in [0.05, 0.1) is 14.2 Å². The van der Waals surface area contributed by atoms with Gasteiger partial charge in [0, 0.05) is 11.3 Å². The Kier molecular flexibility index (Phi) is 13.4. The summed E-state index contributed by atoms with van der Waals surface area (Å²) in [5.41, 5.74) is 4.78. The predicted octanol–water partition coefficient (Wildman–Crippen LogP) is 8.85. The van der Waals surface area contributed by atoms with Crippen LogP contribution in [0.2, 0.25) is 0 Å². The van der Waals surface area contributed by atoms with Gasteiger partial charge >= 0.3 is 11.9 Å². The van der Waals surface area contributed by atoms with Gasteiger partial charge in [0.1, 0.15) is 0 Å². The van der Waals surface area contributed by atoms with Crippen molar-refractivity contribution in [3.8, 4) is 0 Å². The summed E-state index contributed by atoms with van der Waals surface area (Å²) in [5.74, 6) is -1.22. The van der Waals surface area contributed by atoms with Crippen molar-refractivity contribution in [3.63, 3.8) is 0 Å². The zero-order valence-corrected chi connectivity index (χ0v) is 25.3. The van der Waals surface area contributed by atoms with Gasteiger partial charge in [-0.2, -0.15) is 0 Å². The third kappa shape index (κ3) is 8.86. The molecule has 4 heteroatoms. The van der Waals surface area contributed by atoms with Crippen LogP contribution in [0, 0.1) is 16.7 Å². The molecule has 0 amide bonds. The van der Waals surface area contributed by atoms with Gasteiger partial charge in [-0.25, -0.2) is 0 Å². The van der Waals surface area contributed by atoms with Gasteiger partial charge in [-0.15, -0.1) is 0 Å². The maximum absolute atomic E-state index is 13.1. The van der Waals surface area contributed by atoms with E-state index in [1.165, 1.54) is 42.1 Å². The molecular weight excluding hydrogens is 460 g/mol. The molecule has 0 heterocycles. The second-order valence-corrected chi connectivity index (χ2v) is 11.5. The molecule has 1 rings (SSSR count). The molecule has 1 saturated carbocycles. The smallest absolute Gasteiger partial charge is 0.324 e. The molecule has 2 atom stereocenters. The SMILES string of the molecule is COC(=O)C1(C(=O)OC)[C@@H](/C=C(\C)CC/C=C(\C)CCC=C(C)C)[C@@]1(C)CC/C=C(\C)CCC=C(C)C. The van der Waals surface area contributed by atoms with E-state index in [1.807, 2.05) is 6.92 Å². The minimum Gasteiger partial charge on any atom is -0.468 e. The van der Waals surface area contributed by atoms with E-state index < -0.39 is 22.8 Å².